The second-order valence-corrected chi connectivity index (χ2v) is 6.04. The van der Waals surface area contributed by atoms with Crippen molar-refractivity contribution in [3.05, 3.63) is 35.4 Å². The van der Waals surface area contributed by atoms with Gasteiger partial charge in [-0.1, -0.05) is 39.8 Å². The SMILES string of the molecule is CC(C)CN(CC(C)C)C(=O)c1ccccc1C(F)(F)F. The summed E-state index contributed by atoms with van der Waals surface area (Å²) in [5, 5.41) is 0. The Labute approximate surface area is 123 Å². The van der Waals surface area contributed by atoms with Crippen molar-refractivity contribution >= 4 is 5.91 Å². The van der Waals surface area contributed by atoms with Gasteiger partial charge in [0.05, 0.1) is 11.1 Å². The molecule has 0 saturated carbocycles. The van der Waals surface area contributed by atoms with Crippen LogP contribution in [0.2, 0.25) is 0 Å². The number of amides is 1. The Morgan fingerprint density at radius 1 is 1.05 bits per heavy atom. The molecule has 1 rings (SSSR count). The molecule has 0 heterocycles. The summed E-state index contributed by atoms with van der Waals surface area (Å²) in [6.45, 7) is 8.66. The van der Waals surface area contributed by atoms with Crippen LogP contribution in [-0.4, -0.2) is 23.9 Å². The zero-order valence-corrected chi connectivity index (χ0v) is 12.9. The van der Waals surface area contributed by atoms with Crippen LogP contribution >= 0.6 is 0 Å². The third-order valence-electron chi connectivity index (χ3n) is 2.92. The van der Waals surface area contributed by atoms with Crippen LogP contribution in [-0.2, 0) is 6.18 Å². The maximum atomic E-state index is 13.0. The summed E-state index contributed by atoms with van der Waals surface area (Å²) in [5.74, 6) is -0.151. The van der Waals surface area contributed by atoms with Crippen LogP contribution in [0.15, 0.2) is 24.3 Å². The Morgan fingerprint density at radius 2 is 1.52 bits per heavy atom. The first kappa shape index (κ1) is 17.5. The fourth-order valence-corrected chi connectivity index (χ4v) is 2.21. The van der Waals surface area contributed by atoms with Crippen LogP contribution in [0.25, 0.3) is 0 Å². The molecule has 0 aliphatic rings. The van der Waals surface area contributed by atoms with Gasteiger partial charge < -0.3 is 4.90 Å². The van der Waals surface area contributed by atoms with Gasteiger partial charge in [0.1, 0.15) is 0 Å². The van der Waals surface area contributed by atoms with Crippen molar-refractivity contribution in [1.29, 1.82) is 0 Å². The van der Waals surface area contributed by atoms with E-state index in [1.165, 1.54) is 23.1 Å². The summed E-state index contributed by atoms with van der Waals surface area (Å²) in [6, 6.07) is 4.97. The van der Waals surface area contributed by atoms with E-state index in [2.05, 4.69) is 0 Å². The van der Waals surface area contributed by atoms with Crippen molar-refractivity contribution in [3.63, 3.8) is 0 Å². The molecule has 5 heteroatoms. The van der Waals surface area contributed by atoms with Crippen LogP contribution in [0.5, 0.6) is 0 Å². The normalized spacial score (nSPS) is 12.0. The van der Waals surface area contributed by atoms with E-state index in [1.807, 2.05) is 27.7 Å². The smallest absolute Gasteiger partial charge is 0.338 e. The Balaban J connectivity index is 3.15. The van der Waals surface area contributed by atoms with Crippen molar-refractivity contribution in [2.45, 2.75) is 33.9 Å². The van der Waals surface area contributed by atoms with Crippen LogP contribution in [0.4, 0.5) is 13.2 Å². The zero-order chi connectivity index (χ0) is 16.2. The lowest BCUT2D eigenvalue weighted by Gasteiger charge is -2.27. The molecule has 118 valence electrons. The molecule has 1 amide bonds. The van der Waals surface area contributed by atoms with Gasteiger partial charge >= 0.3 is 6.18 Å². The number of benzene rings is 1. The molecular formula is C16H22F3NO. The minimum Gasteiger partial charge on any atom is -0.338 e. The lowest BCUT2D eigenvalue weighted by molar-refractivity contribution is -0.138. The largest absolute Gasteiger partial charge is 0.417 e. The van der Waals surface area contributed by atoms with E-state index in [9.17, 15) is 18.0 Å². The molecule has 0 unspecified atom stereocenters. The molecule has 0 spiro atoms. The van der Waals surface area contributed by atoms with Crippen molar-refractivity contribution in [3.8, 4) is 0 Å². The van der Waals surface area contributed by atoms with Crippen LogP contribution in [0, 0.1) is 11.8 Å². The fourth-order valence-electron chi connectivity index (χ4n) is 2.21. The predicted octanol–water partition coefficient (Wildman–Crippen LogP) is 4.46. The van der Waals surface area contributed by atoms with Gasteiger partial charge in [0.2, 0.25) is 0 Å². The number of hydrogen-bond donors (Lipinski definition) is 0. The highest BCUT2D eigenvalue weighted by atomic mass is 19.4. The molecule has 0 N–H and O–H groups in total. The molecule has 2 nitrogen and oxygen atoms in total. The monoisotopic (exact) mass is 301 g/mol. The summed E-state index contributed by atoms with van der Waals surface area (Å²) < 4.78 is 39.1. The van der Waals surface area contributed by atoms with Gasteiger partial charge in [0.25, 0.3) is 5.91 Å². The van der Waals surface area contributed by atoms with Crippen LogP contribution < -0.4 is 0 Å². The van der Waals surface area contributed by atoms with E-state index in [0.29, 0.717) is 13.1 Å². The van der Waals surface area contributed by atoms with Crippen molar-refractivity contribution in [2.24, 2.45) is 11.8 Å². The Morgan fingerprint density at radius 3 is 1.95 bits per heavy atom. The predicted molar refractivity (Wildman–Crippen MR) is 77.0 cm³/mol. The van der Waals surface area contributed by atoms with E-state index < -0.39 is 17.6 Å². The molecule has 1 aromatic rings. The third kappa shape index (κ3) is 5.06. The second kappa shape index (κ2) is 6.96. The van der Waals surface area contributed by atoms with Crippen molar-refractivity contribution in [2.75, 3.05) is 13.1 Å². The summed E-state index contributed by atoms with van der Waals surface area (Å²) in [5.41, 5.74) is -1.14. The number of carbonyl (C=O) groups is 1. The molecule has 0 atom stereocenters. The summed E-state index contributed by atoms with van der Waals surface area (Å²) >= 11 is 0. The molecule has 0 aliphatic heterocycles. The first-order valence-electron chi connectivity index (χ1n) is 7.08. The number of rotatable bonds is 5. The molecule has 0 fully saturated rings. The average Bonchev–Trinajstić information content (AvgIpc) is 2.35. The molecular weight excluding hydrogens is 279 g/mol. The average molecular weight is 301 g/mol. The van der Waals surface area contributed by atoms with Gasteiger partial charge in [-0.25, -0.2) is 0 Å². The molecule has 0 saturated heterocycles. The molecule has 0 aromatic heterocycles. The highest BCUT2D eigenvalue weighted by Gasteiger charge is 2.36. The highest BCUT2D eigenvalue weighted by Crippen LogP contribution is 2.32. The number of nitrogens with zero attached hydrogens (tertiary/aromatic N) is 1. The maximum Gasteiger partial charge on any atom is 0.417 e. The van der Waals surface area contributed by atoms with E-state index in [1.54, 1.807) is 0 Å². The first-order valence-corrected chi connectivity index (χ1v) is 7.08. The minimum absolute atomic E-state index is 0.200. The van der Waals surface area contributed by atoms with Crippen LogP contribution in [0.1, 0.15) is 43.6 Å². The Bertz CT molecular complexity index is 471. The third-order valence-corrected chi connectivity index (χ3v) is 2.92. The van der Waals surface area contributed by atoms with E-state index >= 15 is 0 Å². The molecule has 1 aromatic carbocycles. The number of hydrogen-bond acceptors (Lipinski definition) is 1. The Kier molecular flexibility index (Phi) is 5.81. The summed E-state index contributed by atoms with van der Waals surface area (Å²) in [6.07, 6.45) is -4.52. The van der Waals surface area contributed by atoms with Gasteiger partial charge in [-0.3, -0.25) is 4.79 Å². The zero-order valence-electron chi connectivity index (χ0n) is 12.9. The van der Waals surface area contributed by atoms with Gasteiger partial charge in [0.15, 0.2) is 0 Å². The van der Waals surface area contributed by atoms with E-state index in [4.69, 9.17) is 0 Å². The quantitative estimate of drug-likeness (QED) is 0.786. The number of carbonyl (C=O) groups excluding carboxylic acids is 1. The molecule has 0 radical (unpaired) electrons. The standard InChI is InChI=1S/C16H22F3NO/c1-11(2)9-20(10-12(3)4)15(21)13-7-5-6-8-14(13)16(17,18)19/h5-8,11-12H,9-10H2,1-4H3. The first-order chi connectivity index (χ1) is 9.62. The summed E-state index contributed by atoms with van der Waals surface area (Å²) in [7, 11) is 0. The van der Waals surface area contributed by atoms with Crippen LogP contribution in [0.3, 0.4) is 0 Å². The molecule has 21 heavy (non-hydrogen) atoms. The Hall–Kier alpha value is -1.52. The summed E-state index contributed by atoms with van der Waals surface area (Å²) in [4.78, 5) is 14.0. The topological polar surface area (TPSA) is 20.3 Å². The lowest BCUT2D eigenvalue weighted by Crippen LogP contribution is -2.38. The maximum absolute atomic E-state index is 13.0. The van der Waals surface area contributed by atoms with Gasteiger partial charge in [0, 0.05) is 13.1 Å². The lowest BCUT2D eigenvalue weighted by atomic mass is 10.0. The number of halogens is 3. The van der Waals surface area contributed by atoms with E-state index in [0.717, 1.165) is 6.07 Å². The second-order valence-electron chi connectivity index (χ2n) is 6.04. The number of alkyl halides is 3. The van der Waals surface area contributed by atoms with Crippen molar-refractivity contribution < 1.29 is 18.0 Å². The minimum atomic E-state index is -4.52. The molecule has 0 bridgehead atoms. The fraction of sp³-hybridized carbons (Fsp3) is 0.562. The van der Waals surface area contributed by atoms with E-state index in [-0.39, 0.29) is 17.4 Å². The van der Waals surface area contributed by atoms with Crippen molar-refractivity contribution in [1.82, 2.24) is 4.90 Å². The van der Waals surface area contributed by atoms with Gasteiger partial charge in [-0.05, 0) is 24.0 Å². The highest BCUT2D eigenvalue weighted by molar-refractivity contribution is 5.96. The molecule has 0 aliphatic carbocycles. The van der Waals surface area contributed by atoms with Gasteiger partial charge in [-0.2, -0.15) is 13.2 Å². The van der Waals surface area contributed by atoms with Gasteiger partial charge in [-0.15, -0.1) is 0 Å².